The number of hydrogen-bond acceptors (Lipinski definition) is 3. The van der Waals surface area contributed by atoms with Crippen molar-refractivity contribution in [1.82, 2.24) is 10.2 Å². The van der Waals surface area contributed by atoms with Crippen molar-refractivity contribution in [3.63, 3.8) is 0 Å². The van der Waals surface area contributed by atoms with Crippen LogP contribution in [-0.4, -0.2) is 38.2 Å². The van der Waals surface area contributed by atoms with Gasteiger partial charge in [0, 0.05) is 32.2 Å². The van der Waals surface area contributed by atoms with Gasteiger partial charge in [-0.15, -0.1) is 0 Å². The first kappa shape index (κ1) is 17.5. The molecule has 1 saturated heterocycles. The predicted octanol–water partition coefficient (Wildman–Crippen LogP) is 3.85. The molecule has 1 aliphatic carbocycles. The molecular weight excluding hydrogens is 317 g/mol. The van der Waals surface area contributed by atoms with Gasteiger partial charge >= 0.3 is 6.18 Å². The Kier molecular flexibility index (Phi) is 5.35. The molecule has 0 unspecified atom stereocenters. The summed E-state index contributed by atoms with van der Waals surface area (Å²) in [5.41, 5.74) is -0.130. The van der Waals surface area contributed by atoms with Gasteiger partial charge in [-0.1, -0.05) is 18.9 Å². The summed E-state index contributed by atoms with van der Waals surface area (Å²) in [6.45, 7) is 3.26. The van der Waals surface area contributed by atoms with Crippen molar-refractivity contribution in [3.05, 3.63) is 29.3 Å². The Morgan fingerprint density at radius 2 is 1.83 bits per heavy atom. The van der Waals surface area contributed by atoms with Crippen LogP contribution in [0.15, 0.2) is 18.2 Å². The number of benzene rings is 1. The Morgan fingerprint density at radius 3 is 2.42 bits per heavy atom. The monoisotopic (exact) mass is 342 g/mol. The molecule has 2 fully saturated rings. The van der Waals surface area contributed by atoms with Crippen LogP contribution < -0.4 is 10.1 Å². The van der Waals surface area contributed by atoms with Crippen molar-refractivity contribution in [2.75, 3.05) is 33.3 Å². The zero-order chi connectivity index (χ0) is 17.2. The van der Waals surface area contributed by atoms with E-state index in [0.717, 1.165) is 57.9 Å². The fourth-order valence-electron chi connectivity index (χ4n) is 4.15. The molecule has 134 valence electrons. The lowest BCUT2D eigenvalue weighted by Crippen LogP contribution is -2.47. The number of piperazine rings is 1. The van der Waals surface area contributed by atoms with Crippen LogP contribution in [0, 0.1) is 5.92 Å². The van der Waals surface area contributed by atoms with Gasteiger partial charge in [0.2, 0.25) is 0 Å². The van der Waals surface area contributed by atoms with E-state index in [1.165, 1.54) is 7.11 Å². The van der Waals surface area contributed by atoms with E-state index in [1.807, 2.05) is 0 Å². The van der Waals surface area contributed by atoms with E-state index in [9.17, 15) is 13.2 Å². The molecule has 0 amide bonds. The second kappa shape index (κ2) is 7.31. The molecule has 6 heteroatoms. The highest BCUT2D eigenvalue weighted by Crippen LogP contribution is 2.45. The predicted molar refractivity (Wildman–Crippen MR) is 87.1 cm³/mol. The van der Waals surface area contributed by atoms with E-state index in [-0.39, 0.29) is 11.8 Å². The zero-order valence-corrected chi connectivity index (χ0v) is 14.0. The Bertz CT molecular complexity index is 550. The maximum absolute atomic E-state index is 13.7. The first-order chi connectivity index (χ1) is 11.5. The highest BCUT2D eigenvalue weighted by atomic mass is 19.4. The minimum absolute atomic E-state index is 0.155. The smallest absolute Gasteiger partial charge is 0.416 e. The Labute approximate surface area is 141 Å². The molecule has 1 aromatic carbocycles. The van der Waals surface area contributed by atoms with Gasteiger partial charge in [0.05, 0.1) is 12.7 Å². The largest absolute Gasteiger partial charge is 0.497 e. The number of methoxy groups -OCH3 is 1. The van der Waals surface area contributed by atoms with Gasteiger partial charge in [-0.2, -0.15) is 13.2 Å². The summed E-state index contributed by atoms with van der Waals surface area (Å²) in [6.07, 6.45) is -0.111. The molecule has 0 radical (unpaired) electrons. The third kappa shape index (κ3) is 3.70. The Morgan fingerprint density at radius 1 is 1.17 bits per heavy atom. The van der Waals surface area contributed by atoms with Gasteiger partial charge in [0.25, 0.3) is 0 Å². The summed E-state index contributed by atoms with van der Waals surface area (Å²) < 4.78 is 46.1. The molecule has 1 atom stereocenters. The standard InChI is InChI=1S/C18H25F3N2O/c1-24-14-6-7-15(16(12-14)18(19,20)21)17(13-4-2-3-5-13)23-10-8-22-9-11-23/h6-7,12-13,17,22H,2-5,8-11H2,1H3/t17-/m0/s1. The van der Waals surface area contributed by atoms with Crippen LogP contribution >= 0.6 is 0 Å². The Hall–Kier alpha value is -1.27. The van der Waals surface area contributed by atoms with Crippen molar-refractivity contribution in [3.8, 4) is 5.75 Å². The molecule has 1 aromatic rings. The van der Waals surface area contributed by atoms with Crippen molar-refractivity contribution < 1.29 is 17.9 Å². The van der Waals surface area contributed by atoms with Crippen LogP contribution in [0.4, 0.5) is 13.2 Å². The molecule has 24 heavy (non-hydrogen) atoms. The average Bonchev–Trinajstić information content (AvgIpc) is 3.09. The van der Waals surface area contributed by atoms with Gasteiger partial charge in [-0.25, -0.2) is 0 Å². The summed E-state index contributed by atoms with van der Waals surface area (Å²) in [6, 6.07) is 4.29. The SMILES string of the molecule is COc1ccc([C@H](C2CCCC2)N2CCNCC2)c(C(F)(F)F)c1. The molecule has 0 aromatic heterocycles. The summed E-state index contributed by atoms with van der Waals surface area (Å²) in [4.78, 5) is 2.24. The van der Waals surface area contributed by atoms with Crippen LogP contribution in [0.1, 0.15) is 42.9 Å². The minimum Gasteiger partial charge on any atom is -0.497 e. The summed E-state index contributed by atoms with van der Waals surface area (Å²) in [7, 11) is 1.40. The molecule has 2 aliphatic rings. The first-order valence-electron chi connectivity index (χ1n) is 8.70. The van der Waals surface area contributed by atoms with Gasteiger partial charge in [-0.05, 0) is 36.5 Å². The molecule has 1 heterocycles. The van der Waals surface area contributed by atoms with Crippen LogP contribution in [0.25, 0.3) is 0 Å². The van der Waals surface area contributed by atoms with Crippen LogP contribution in [0.2, 0.25) is 0 Å². The number of alkyl halides is 3. The fraction of sp³-hybridized carbons (Fsp3) is 0.667. The lowest BCUT2D eigenvalue weighted by molar-refractivity contribution is -0.139. The number of halogens is 3. The highest BCUT2D eigenvalue weighted by Gasteiger charge is 2.40. The molecule has 1 saturated carbocycles. The molecule has 0 spiro atoms. The van der Waals surface area contributed by atoms with E-state index < -0.39 is 11.7 Å². The summed E-state index contributed by atoms with van der Waals surface area (Å²) >= 11 is 0. The van der Waals surface area contributed by atoms with Crippen LogP contribution in [0.5, 0.6) is 5.75 Å². The topological polar surface area (TPSA) is 24.5 Å². The van der Waals surface area contributed by atoms with Crippen molar-refractivity contribution in [2.24, 2.45) is 5.92 Å². The average molecular weight is 342 g/mol. The van der Waals surface area contributed by atoms with E-state index in [2.05, 4.69) is 10.2 Å². The van der Waals surface area contributed by atoms with Gasteiger partial charge in [-0.3, -0.25) is 4.90 Å². The highest BCUT2D eigenvalue weighted by molar-refractivity contribution is 5.40. The lowest BCUT2D eigenvalue weighted by Gasteiger charge is -2.39. The number of hydrogen-bond donors (Lipinski definition) is 1. The van der Waals surface area contributed by atoms with E-state index in [4.69, 9.17) is 4.74 Å². The van der Waals surface area contributed by atoms with E-state index >= 15 is 0 Å². The quantitative estimate of drug-likeness (QED) is 0.899. The van der Waals surface area contributed by atoms with Gasteiger partial charge in [0.1, 0.15) is 5.75 Å². The van der Waals surface area contributed by atoms with E-state index in [0.29, 0.717) is 11.5 Å². The molecule has 1 N–H and O–H groups in total. The first-order valence-corrected chi connectivity index (χ1v) is 8.70. The summed E-state index contributed by atoms with van der Waals surface area (Å²) in [5.74, 6) is 0.564. The van der Waals surface area contributed by atoms with Gasteiger partial charge < -0.3 is 10.1 Å². The minimum atomic E-state index is -4.37. The number of nitrogens with one attached hydrogen (secondary N) is 1. The van der Waals surface area contributed by atoms with E-state index in [1.54, 1.807) is 12.1 Å². The van der Waals surface area contributed by atoms with Crippen LogP contribution in [0.3, 0.4) is 0 Å². The van der Waals surface area contributed by atoms with Gasteiger partial charge in [0.15, 0.2) is 0 Å². The normalized spacial score (nSPS) is 21.8. The second-order valence-corrected chi connectivity index (χ2v) is 6.73. The molecule has 3 nitrogen and oxygen atoms in total. The van der Waals surface area contributed by atoms with Crippen molar-refractivity contribution in [1.29, 1.82) is 0 Å². The second-order valence-electron chi connectivity index (χ2n) is 6.73. The summed E-state index contributed by atoms with van der Waals surface area (Å²) in [5, 5.41) is 3.29. The molecule has 1 aliphatic heterocycles. The fourth-order valence-corrected chi connectivity index (χ4v) is 4.15. The zero-order valence-electron chi connectivity index (χ0n) is 14.0. The number of rotatable bonds is 4. The third-order valence-electron chi connectivity index (χ3n) is 5.28. The van der Waals surface area contributed by atoms with Crippen molar-refractivity contribution >= 4 is 0 Å². The molecular formula is C18H25F3N2O. The maximum Gasteiger partial charge on any atom is 0.416 e. The lowest BCUT2D eigenvalue weighted by atomic mass is 9.86. The number of ether oxygens (including phenoxy) is 1. The molecule has 0 bridgehead atoms. The maximum atomic E-state index is 13.7. The number of nitrogens with zero attached hydrogens (tertiary/aromatic N) is 1. The third-order valence-corrected chi connectivity index (χ3v) is 5.28. The Balaban J connectivity index is 2.02. The molecule has 3 rings (SSSR count). The van der Waals surface area contributed by atoms with Crippen LogP contribution in [-0.2, 0) is 6.18 Å². The van der Waals surface area contributed by atoms with Crippen molar-refractivity contribution in [2.45, 2.75) is 37.9 Å².